The molecule has 0 amide bonds. The third-order valence-electron chi connectivity index (χ3n) is 2.52. The van der Waals surface area contributed by atoms with E-state index in [2.05, 4.69) is 19.2 Å². The molecule has 0 bridgehead atoms. The van der Waals surface area contributed by atoms with Gasteiger partial charge < -0.3 is 10.4 Å². The van der Waals surface area contributed by atoms with E-state index in [0.29, 0.717) is 12.0 Å². The molecular weight excluding hydrogens is 150 g/mol. The van der Waals surface area contributed by atoms with Crippen LogP contribution in [-0.4, -0.2) is 23.8 Å². The first kappa shape index (κ1) is 10.0. The summed E-state index contributed by atoms with van der Waals surface area (Å²) in [4.78, 5) is 0. The molecule has 2 nitrogen and oxygen atoms in total. The summed E-state index contributed by atoms with van der Waals surface area (Å²) >= 11 is 0. The highest BCUT2D eigenvalue weighted by molar-refractivity contribution is 4.80. The van der Waals surface area contributed by atoms with Crippen molar-refractivity contribution in [2.75, 3.05) is 6.54 Å². The highest BCUT2D eigenvalue weighted by Crippen LogP contribution is 2.18. The number of hydrogen-bond donors (Lipinski definition) is 2. The van der Waals surface area contributed by atoms with Crippen LogP contribution in [0.1, 0.15) is 39.5 Å². The second-order valence-electron chi connectivity index (χ2n) is 4.26. The Morgan fingerprint density at radius 3 is 2.58 bits per heavy atom. The second-order valence-corrected chi connectivity index (χ2v) is 4.26. The van der Waals surface area contributed by atoms with E-state index in [9.17, 15) is 5.11 Å². The molecule has 12 heavy (non-hydrogen) atoms. The van der Waals surface area contributed by atoms with Gasteiger partial charge in [-0.2, -0.15) is 0 Å². The van der Waals surface area contributed by atoms with Gasteiger partial charge in [-0.05, 0) is 25.3 Å². The number of hydrogen-bond acceptors (Lipinski definition) is 2. The van der Waals surface area contributed by atoms with Crippen molar-refractivity contribution in [2.45, 2.75) is 51.7 Å². The molecule has 0 aromatic carbocycles. The van der Waals surface area contributed by atoms with Crippen molar-refractivity contribution < 1.29 is 5.11 Å². The molecule has 1 saturated carbocycles. The zero-order chi connectivity index (χ0) is 8.97. The van der Waals surface area contributed by atoms with E-state index in [1.54, 1.807) is 0 Å². The molecule has 0 aromatic rings. The molecule has 0 spiro atoms. The van der Waals surface area contributed by atoms with Crippen molar-refractivity contribution in [3.63, 3.8) is 0 Å². The maximum absolute atomic E-state index is 9.62. The Bertz CT molecular complexity index is 125. The lowest BCUT2D eigenvalue weighted by molar-refractivity contribution is 0.0896. The second kappa shape index (κ2) is 4.83. The van der Waals surface area contributed by atoms with E-state index < -0.39 is 0 Å². The molecule has 1 aliphatic rings. The Hall–Kier alpha value is -0.0800. The van der Waals surface area contributed by atoms with Crippen LogP contribution in [0.3, 0.4) is 0 Å². The van der Waals surface area contributed by atoms with Gasteiger partial charge in [-0.3, -0.25) is 0 Å². The predicted octanol–water partition coefficient (Wildman–Crippen LogP) is 1.54. The van der Waals surface area contributed by atoms with Crippen LogP contribution in [0.4, 0.5) is 0 Å². The third-order valence-corrected chi connectivity index (χ3v) is 2.52. The number of nitrogens with one attached hydrogen (secondary N) is 1. The first-order valence-electron chi connectivity index (χ1n) is 5.11. The average molecular weight is 171 g/mol. The summed E-state index contributed by atoms with van der Waals surface area (Å²) in [5, 5.41) is 13.0. The predicted molar refractivity (Wildman–Crippen MR) is 51.1 cm³/mol. The molecule has 0 aromatic heterocycles. The largest absolute Gasteiger partial charge is 0.392 e. The van der Waals surface area contributed by atoms with Gasteiger partial charge in [0.1, 0.15) is 0 Å². The lowest BCUT2D eigenvalue weighted by Gasteiger charge is -2.29. The van der Waals surface area contributed by atoms with Gasteiger partial charge in [-0.25, -0.2) is 0 Å². The van der Waals surface area contributed by atoms with Crippen molar-refractivity contribution in [3.05, 3.63) is 0 Å². The highest BCUT2D eigenvalue weighted by Gasteiger charge is 2.21. The Balaban J connectivity index is 2.20. The molecule has 0 heterocycles. The first-order chi connectivity index (χ1) is 5.70. The van der Waals surface area contributed by atoms with E-state index in [-0.39, 0.29) is 6.10 Å². The zero-order valence-electron chi connectivity index (χ0n) is 8.21. The Morgan fingerprint density at radius 1 is 1.33 bits per heavy atom. The SMILES string of the molecule is CC(C)CNC1CCCCC1O. The van der Waals surface area contributed by atoms with Crippen molar-refractivity contribution in [1.82, 2.24) is 5.32 Å². The van der Waals surface area contributed by atoms with E-state index >= 15 is 0 Å². The van der Waals surface area contributed by atoms with Gasteiger partial charge in [0, 0.05) is 6.04 Å². The van der Waals surface area contributed by atoms with Gasteiger partial charge in [0.25, 0.3) is 0 Å². The van der Waals surface area contributed by atoms with E-state index in [1.807, 2.05) is 0 Å². The smallest absolute Gasteiger partial charge is 0.0693 e. The molecule has 2 heteroatoms. The topological polar surface area (TPSA) is 32.3 Å². The number of rotatable bonds is 3. The van der Waals surface area contributed by atoms with Gasteiger partial charge in [-0.1, -0.05) is 26.7 Å². The molecule has 0 radical (unpaired) electrons. The van der Waals surface area contributed by atoms with Gasteiger partial charge in [0.05, 0.1) is 6.10 Å². The van der Waals surface area contributed by atoms with Crippen LogP contribution in [0, 0.1) is 5.92 Å². The Kier molecular flexibility index (Phi) is 4.02. The van der Waals surface area contributed by atoms with E-state index in [0.717, 1.165) is 19.4 Å². The van der Waals surface area contributed by atoms with Crippen LogP contribution in [0.25, 0.3) is 0 Å². The first-order valence-corrected chi connectivity index (χ1v) is 5.11. The van der Waals surface area contributed by atoms with Crippen LogP contribution < -0.4 is 5.32 Å². The Morgan fingerprint density at radius 2 is 2.00 bits per heavy atom. The molecule has 2 atom stereocenters. The van der Waals surface area contributed by atoms with Gasteiger partial charge in [0.15, 0.2) is 0 Å². The molecule has 2 N–H and O–H groups in total. The molecule has 1 fully saturated rings. The van der Waals surface area contributed by atoms with Crippen LogP contribution in [0.2, 0.25) is 0 Å². The van der Waals surface area contributed by atoms with Crippen molar-refractivity contribution in [3.8, 4) is 0 Å². The molecule has 1 rings (SSSR count). The summed E-state index contributed by atoms with van der Waals surface area (Å²) in [6, 6.07) is 0.362. The fourth-order valence-corrected chi connectivity index (χ4v) is 1.74. The van der Waals surface area contributed by atoms with Crippen molar-refractivity contribution >= 4 is 0 Å². The lowest BCUT2D eigenvalue weighted by Crippen LogP contribution is -2.43. The van der Waals surface area contributed by atoms with Crippen LogP contribution in [0.5, 0.6) is 0 Å². The molecule has 2 unspecified atom stereocenters. The minimum Gasteiger partial charge on any atom is -0.392 e. The summed E-state index contributed by atoms with van der Waals surface area (Å²) in [5.74, 6) is 0.680. The summed E-state index contributed by atoms with van der Waals surface area (Å²) in [6.45, 7) is 5.42. The van der Waals surface area contributed by atoms with Crippen LogP contribution in [-0.2, 0) is 0 Å². The summed E-state index contributed by atoms with van der Waals surface area (Å²) < 4.78 is 0. The highest BCUT2D eigenvalue weighted by atomic mass is 16.3. The van der Waals surface area contributed by atoms with Crippen molar-refractivity contribution in [2.24, 2.45) is 5.92 Å². The Labute approximate surface area is 75.4 Å². The number of aliphatic hydroxyl groups is 1. The average Bonchev–Trinajstić information content (AvgIpc) is 2.03. The molecule has 0 saturated heterocycles. The number of aliphatic hydroxyl groups excluding tert-OH is 1. The fourth-order valence-electron chi connectivity index (χ4n) is 1.74. The van der Waals surface area contributed by atoms with Gasteiger partial charge in [-0.15, -0.1) is 0 Å². The van der Waals surface area contributed by atoms with E-state index in [4.69, 9.17) is 0 Å². The quantitative estimate of drug-likeness (QED) is 0.675. The van der Waals surface area contributed by atoms with E-state index in [1.165, 1.54) is 12.8 Å². The minimum absolute atomic E-state index is 0.0995. The zero-order valence-corrected chi connectivity index (χ0v) is 8.21. The lowest BCUT2D eigenvalue weighted by atomic mass is 9.92. The summed E-state index contributed by atoms with van der Waals surface area (Å²) in [5.41, 5.74) is 0. The standard InChI is InChI=1S/C10H21NO/c1-8(2)7-11-9-5-3-4-6-10(9)12/h8-12H,3-7H2,1-2H3. The minimum atomic E-state index is -0.0995. The fraction of sp³-hybridized carbons (Fsp3) is 1.00. The molecule has 72 valence electrons. The van der Waals surface area contributed by atoms with Crippen LogP contribution >= 0.6 is 0 Å². The molecule has 1 aliphatic carbocycles. The molecule has 0 aliphatic heterocycles. The normalized spacial score (nSPS) is 31.0. The summed E-state index contributed by atoms with van der Waals surface area (Å²) in [7, 11) is 0. The van der Waals surface area contributed by atoms with Crippen LogP contribution in [0.15, 0.2) is 0 Å². The maximum atomic E-state index is 9.62. The third kappa shape index (κ3) is 3.11. The van der Waals surface area contributed by atoms with Gasteiger partial charge in [0.2, 0.25) is 0 Å². The van der Waals surface area contributed by atoms with Gasteiger partial charge >= 0.3 is 0 Å². The molecular formula is C10H21NO. The summed E-state index contributed by atoms with van der Waals surface area (Å²) in [6.07, 6.45) is 4.50. The monoisotopic (exact) mass is 171 g/mol. The maximum Gasteiger partial charge on any atom is 0.0693 e. The van der Waals surface area contributed by atoms with Crippen molar-refractivity contribution in [1.29, 1.82) is 0 Å².